The van der Waals surface area contributed by atoms with Gasteiger partial charge in [-0.05, 0) is 23.8 Å². The molecule has 1 aromatic rings. The second-order valence-corrected chi connectivity index (χ2v) is 2.30. The van der Waals surface area contributed by atoms with Crippen molar-refractivity contribution in [2.45, 2.75) is 6.10 Å². The van der Waals surface area contributed by atoms with Crippen LogP contribution in [0.5, 0.6) is 0 Å². The van der Waals surface area contributed by atoms with E-state index in [4.69, 9.17) is 4.84 Å². The molecule has 1 aliphatic rings. The smallest absolute Gasteiger partial charge is 0.130 e. The minimum atomic E-state index is 0.0398. The molecule has 0 fully saturated rings. The van der Waals surface area contributed by atoms with E-state index in [0.717, 1.165) is 5.56 Å². The number of pyridine rings is 1. The summed E-state index contributed by atoms with van der Waals surface area (Å²) in [4.78, 5) is 9.07. The highest BCUT2D eigenvalue weighted by molar-refractivity contribution is 5.18. The van der Waals surface area contributed by atoms with Gasteiger partial charge in [0.2, 0.25) is 0 Å². The van der Waals surface area contributed by atoms with Crippen molar-refractivity contribution in [1.29, 1.82) is 0 Å². The average molecular weight is 148 g/mol. The Morgan fingerprint density at radius 2 is 2.18 bits per heavy atom. The zero-order valence-electron chi connectivity index (χ0n) is 5.90. The second-order valence-electron chi connectivity index (χ2n) is 2.30. The van der Waals surface area contributed by atoms with Gasteiger partial charge in [0.1, 0.15) is 6.10 Å². The lowest BCUT2D eigenvalue weighted by molar-refractivity contribution is 0.0469. The summed E-state index contributed by atoms with van der Waals surface area (Å²) < 4.78 is 0. The summed E-state index contributed by atoms with van der Waals surface area (Å²) in [5.74, 6) is 0. The van der Waals surface area contributed by atoms with Crippen LogP contribution in [0, 0.1) is 0 Å². The maximum Gasteiger partial charge on any atom is 0.130 e. The number of nitrogens with zero attached hydrogens (tertiary/aromatic N) is 1. The molecule has 2 heterocycles. The van der Waals surface area contributed by atoms with Gasteiger partial charge in [-0.1, -0.05) is 0 Å². The monoisotopic (exact) mass is 148 g/mol. The van der Waals surface area contributed by atoms with Gasteiger partial charge in [-0.2, -0.15) is 0 Å². The fraction of sp³-hybridized carbons (Fsp3) is 0.125. The van der Waals surface area contributed by atoms with Crippen LogP contribution in [0.15, 0.2) is 36.8 Å². The molecule has 11 heavy (non-hydrogen) atoms. The van der Waals surface area contributed by atoms with E-state index in [1.54, 1.807) is 18.6 Å². The molecule has 0 aromatic carbocycles. The largest absolute Gasteiger partial charge is 0.274 e. The molecule has 0 spiro atoms. The van der Waals surface area contributed by atoms with E-state index in [1.807, 2.05) is 18.2 Å². The van der Waals surface area contributed by atoms with E-state index in [-0.39, 0.29) is 6.10 Å². The first-order valence-corrected chi connectivity index (χ1v) is 3.44. The highest BCUT2D eigenvalue weighted by Crippen LogP contribution is 2.19. The van der Waals surface area contributed by atoms with Crippen LogP contribution in [-0.4, -0.2) is 4.98 Å². The molecular formula is C8H8N2O. The zero-order valence-corrected chi connectivity index (χ0v) is 5.90. The molecule has 1 unspecified atom stereocenters. The highest BCUT2D eigenvalue weighted by atomic mass is 16.7. The Kier molecular flexibility index (Phi) is 1.57. The third kappa shape index (κ3) is 1.23. The van der Waals surface area contributed by atoms with E-state index in [1.165, 1.54) is 0 Å². The molecule has 1 aliphatic heterocycles. The van der Waals surface area contributed by atoms with E-state index in [2.05, 4.69) is 10.5 Å². The predicted molar refractivity (Wildman–Crippen MR) is 40.3 cm³/mol. The quantitative estimate of drug-likeness (QED) is 0.649. The van der Waals surface area contributed by atoms with Crippen LogP contribution >= 0.6 is 0 Å². The van der Waals surface area contributed by atoms with Crippen LogP contribution in [-0.2, 0) is 4.84 Å². The minimum Gasteiger partial charge on any atom is -0.274 e. The van der Waals surface area contributed by atoms with Gasteiger partial charge < -0.3 is 0 Å². The van der Waals surface area contributed by atoms with Crippen LogP contribution in [0.1, 0.15) is 11.7 Å². The van der Waals surface area contributed by atoms with Crippen LogP contribution < -0.4 is 5.48 Å². The summed E-state index contributed by atoms with van der Waals surface area (Å²) in [5.41, 5.74) is 3.78. The Hall–Kier alpha value is -1.35. The summed E-state index contributed by atoms with van der Waals surface area (Å²) >= 11 is 0. The fourth-order valence-corrected chi connectivity index (χ4v) is 1.01. The normalized spacial score (nSPS) is 21.6. The molecule has 0 radical (unpaired) electrons. The summed E-state index contributed by atoms with van der Waals surface area (Å²) in [5, 5.41) is 0. The molecular weight excluding hydrogens is 140 g/mol. The molecule has 0 saturated carbocycles. The Bertz CT molecular complexity index is 258. The lowest BCUT2D eigenvalue weighted by Gasteiger charge is -2.05. The number of nitrogens with one attached hydrogen (secondary N) is 1. The molecule has 0 aliphatic carbocycles. The Labute approximate surface area is 64.7 Å². The van der Waals surface area contributed by atoms with Gasteiger partial charge in [-0.3, -0.25) is 15.3 Å². The van der Waals surface area contributed by atoms with Crippen LogP contribution in [0.3, 0.4) is 0 Å². The molecule has 0 bridgehead atoms. The molecule has 0 saturated heterocycles. The van der Waals surface area contributed by atoms with Gasteiger partial charge in [0.25, 0.3) is 0 Å². The summed E-state index contributed by atoms with van der Waals surface area (Å²) in [7, 11) is 0. The summed E-state index contributed by atoms with van der Waals surface area (Å²) in [6, 6.07) is 3.87. The number of hydrogen-bond donors (Lipinski definition) is 1. The third-order valence-corrected chi connectivity index (χ3v) is 1.57. The molecule has 2 rings (SSSR count). The lowest BCUT2D eigenvalue weighted by Crippen LogP contribution is -2.03. The molecule has 3 nitrogen and oxygen atoms in total. The van der Waals surface area contributed by atoms with Gasteiger partial charge in [0, 0.05) is 18.6 Å². The average Bonchev–Trinajstić information content (AvgIpc) is 2.58. The Balaban J connectivity index is 2.23. The van der Waals surface area contributed by atoms with E-state index in [0.29, 0.717) is 0 Å². The first-order chi connectivity index (χ1) is 5.47. The first kappa shape index (κ1) is 6.37. The Morgan fingerprint density at radius 1 is 1.36 bits per heavy atom. The van der Waals surface area contributed by atoms with Gasteiger partial charge >= 0.3 is 0 Å². The van der Waals surface area contributed by atoms with Crippen molar-refractivity contribution in [2.24, 2.45) is 0 Å². The van der Waals surface area contributed by atoms with Crippen molar-refractivity contribution < 1.29 is 4.84 Å². The summed E-state index contributed by atoms with van der Waals surface area (Å²) in [6.07, 6.45) is 7.29. The standard InChI is InChI=1S/C8H8N2O/c1-4-9-5-2-7(1)8-3-6-10-11-8/h1-6,8,10H. The van der Waals surface area contributed by atoms with Crippen LogP contribution in [0.4, 0.5) is 0 Å². The number of aromatic nitrogens is 1. The minimum absolute atomic E-state index is 0.0398. The zero-order chi connectivity index (χ0) is 7.52. The van der Waals surface area contributed by atoms with Crippen LogP contribution in [0.2, 0.25) is 0 Å². The van der Waals surface area contributed by atoms with Crippen molar-refractivity contribution in [3.8, 4) is 0 Å². The second kappa shape index (κ2) is 2.72. The van der Waals surface area contributed by atoms with E-state index < -0.39 is 0 Å². The maximum absolute atomic E-state index is 5.15. The highest BCUT2D eigenvalue weighted by Gasteiger charge is 2.10. The van der Waals surface area contributed by atoms with Crippen LogP contribution in [0.25, 0.3) is 0 Å². The van der Waals surface area contributed by atoms with Gasteiger partial charge in [0.15, 0.2) is 0 Å². The predicted octanol–water partition coefficient (Wildman–Crippen LogP) is 1.17. The van der Waals surface area contributed by atoms with E-state index in [9.17, 15) is 0 Å². The van der Waals surface area contributed by atoms with Crippen molar-refractivity contribution in [3.63, 3.8) is 0 Å². The van der Waals surface area contributed by atoms with E-state index >= 15 is 0 Å². The molecule has 0 amide bonds. The van der Waals surface area contributed by atoms with Gasteiger partial charge in [-0.15, -0.1) is 0 Å². The third-order valence-electron chi connectivity index (χ3n) is 1.57. The number of hydroxylamine groups is 1. The molecule has 1 atom stereocenters. The maximum atomic E-state index is 5.15. The molecule has 56 valence electrons. The Morgan fingerprint density at radius 3 is 2.82 bits per heavy atom. The van der Waals surface area contributed by atoms with Gasteiger partial charge in [0.05, 0.1) is 0 Å². The van der Waals surface area contributed by atoms with Crippen molar-refractivity contribution in [3.05, 3.63) is 42.4 Å². The number of hydrogen-bond acceptors (Lipinski definition) is 3. The van der Waals surface area contributed by atoms with Crippen molar-refractivity contribution in [2.75, 3.05) is 0 Å². The first-order valence-electron chi connectivity index (χ1n) is 3.44. The number of rotatable bonds is 1. The molecule has 1 aromatic heterocycles. The molecule has 1 N–H and O–H groups in total. The topological polar surface area (TPSA) is 34.1 Å². The van der Waals surface area contributed by atoms with Gasteiger partial charge in [-0.25, -0.2) is 0 Å². The SMILES string of the molecule is C1=CC(c2ccncc2)ON1. The van der Waals surface area contributed by atoms with Crippen molar-refractivity contribution >= 4 is 0 Å². The fourth-order valence-electron chi connectivity index (χ4n) is 1.01. The lowest BCUT2D eigenvalue weighted by atomic mass is 10.1. The molecule has 3 heteroatoms. The van der Waals surface area contributed by atoms with Crippen molar-refractivity contribution in [1.82, 2.24) is 10.5 Å². The summed E-state index contributed by atoms with van der Waals surface area (Å²) in [6.45, 7) is 0.